The van der Waals surface area contributed by atoms with E-state index in [1.165, 1.54) is 12.1 Å². The minimum atomic E-state index is -0.441. The number of hydrogen-bond donors (Lipinski definition) is 1. The van der Waals surface area contributed by atoms with Crippen LogP contribution in [-0.2, 0) is 6.61 Å². The van der Waals surface area contributed by atoms with E-state index in [2.05, 4.69) is 0 Å². The second-order valence-corrected chi connectivity index (χ2v) is 5.08. The highest BCUT2D eigenvalue weighted by molar-refractivity contribution is 5.39. The molecule has 0 fully saturated rings. The largest absolute Gasteiger partial charge is 0.489 e. The van der Waals surface area contributed by atoms with E-state index >= 15 is 0 Å². The third kappa shape index (κ3) is 3.80. The molecule has 0 saturated carbocycles. The average Bonchev–Trinajstić information content (AvgIpc) is 2.45. The highest BCUT2D eigenvalue weighted by atomic mass is 19.1. The first kappa shape index (κ1) is 15.0. The number of ether oxygens (including phenoxy) is 1. The lowest BCUT2D eigenvalue weighted by molar-refractivity contribution is 0.301. The molecule has 0 aromatic heterocycles. The standard InChI is InChI=1S/C17H17FN2O/c1-11-3-4-17(16(5-11)12(2)20)21-10-14-6-13(9-19)7-15(18)8-14/h3-8,12H,10,20H2,1-2H3. The van der Waals surface area contributed by atoms with Crippen LogP contribution >= 0.6 is 0 Å². The summed E-state index contributed by atoms with van der Waals surface area (Å²) in [6.07, 6.45) is 0. The van der Waals surface area contributed by atoms with E-state index in [1.807, 2.05) is 38.1 Å². The molecule has 0 radical (unpaired) electrons. The molecule has 21 heavy (non-hydrogen) atoms. The monoisotopic (exact) mass is 284 g/mol. The fourth-order valence-corrected chi connectivity index (χ4v) is 2.11. The van der Waals surface area contributed by atoms with Crippen molar-refractivity contribution in [2.45, 2.75) is 26.5 Å². The van der Waals surface area contributed by atoms with Crippen LogP contribution in [0.25, 0.3) is 0 Å². The van der Waals surface area contributed by atoms with Crippen molar-refractivity contribution < 1.29 is 9.13 Å². The lowest BCUT2D eigenvalue weighted by atomic mass is 10.1. The van der Waals surface area contributed by atoms with Gasteiger partial charge in [-0.3, -0.25) is 0 Å². The zero-order valence-electron chi connectivity index (χ0n) is 12.1. The molecule has 0 aliphatic carbocycles. The van der Waals surface area contributed by atoms with E-state index in [0.717, 1.165) is 11.1 Å². The Morgan fingerprint density at radius 3 is 2.71 bits per heavy atom. The van der Waals surface area contributed by atoms with Crippen LogP contribution in [0, 0.1) is 24.1 Å². The maximum atomic E-state index is 13.4. The fourth-order valence-electron chi connectivity index (χ4n) is 2.11. The Kier molecular flexibility index (Phi) is 4.56. The van der Waals surface area contributed by atoms with Crippen molar-refractivity contribution in [3.05, 3.63) is 64.5 Å². The molecule has 0 bridgehead atoms. The molecule has 0 aliphatic rings. The Morgan fingerprint density at radius 2 is 2.05 bits per heavy atom. The number of nitriles is 1. The van der Waals surface area contributed by atoms with Gasteiger partial charge in [0.1, 0.15) is 18.2 Å². The van der Waals surface area contributed by atoms with Gasteiger partial charge in [-0.05, 0) is 43.7 Å². The van der Waals surface area contributed by atoms with E-state index in [4.69, 9.17) is 15.7 Å². The summed E-state index contributed by atoms with van der Waals surface area (Å²) in [5.41, 5.74) is 8.85. The first-order chi connectivity index (χ1) is 9.99. The van der Waals surface area contributed by atoms with Crippen LogP contribution in [0.2, 0.25) is 0 Å². The number of rotatable bonds is 4. The molecule has 3 nitrogen and oxygen atoms in total. The van der Waals surface area contributed by atoms with E-state index in [-0.39, 0.29) is 18.2 Å². The van der Waals surface area contributed by atoms with Crippen molar-refractivity contribution in [3.63, 3.8) is 0 Å². The van der Waals surface area contributed by atoms with Gasteiger partial charge < -0.3 is 10.5 Å². The van der Waals surface area contributed by atoms with Gasteiger partial charge in [0, 0.05) is 11.6 Å². The Morgan fingerprint density at radius 1 is 1.29 bits per heavy atom. The molecule has 2 aromatic rings. The highest BCUT2D eigenvalue weighted by Crippen LogP contribution is 2.26. The molecule has 2 aromatic carbocycles. The van der Waals surface area contributed by atoms with Gasteiger partial charge in [-0.15, -0.1) is 0 Å². The van der Waals surface area contributed by atoms with Gasteiger partial charge in [-0.25, -0.2) is 4.39 Å². The summed E-state index contributed by atoms with van der Waals surface area (Å²) in [7, 11) is 0. The van der Waals surface area contributed by atoms with Crippen molar-refractivity contribution in [3.8, 4) is 11.8 Å². The van der Waals surface area contributed by atoms with E-state index in [0.29, 0.717) is 11.3 Å². The summed E-state index contributed by atoms with van der Waals surface area (Å²) >= 11 is 0. The van der Waals surface area contributed by atoms with Crippen molar-refractivity contribution in [2.75, 3.05) is 0 Å². The van der Waals surface area contributed by atoms with Gasteiger partial charge in [-0.2, -0.15) is 5.26 Å². The molecule has 0 amide bonds. The van der Waals surface area contributed by atoms with Crippen molar-refractivity contribution in [1.82, 2.24) is 0 Å². The first-order valence-electron chi connectivity index (χ1n) is 6.68. The third-order valence-electron chi connectivity index (χ3n) is 3.14. The Hall–Kier alpha value is -2.38. The minimum absolute atomic E-state index is 0.151. The van der Waals surface area contributed by atoms with Gasteiger partial charge in [0.05, 0.1) is 11.6 Å². The first-order valence-corrected chi connectivity index (χ1v) is 6.68. The van der Waals surface area contributed by atoms with Gasteiger partial charge >= 0.3 is 0 Å². The number of aryl methyl sites for hydroxylation is 1. The molecule has 2 rings (SSSR count). The molecule has 108 valence electrons. The molecule has 0 heterocycles. The summed E-state index contributed by atoms with van der Waals surface area (Å²) in [5, 5.41) is 8.85. The molecular formula is C17H17FN2O. The summed E-state index contributed by atoms with van der Waals surface area (Å²) < 4.78 is 19.1. The lowest BCUT2D eigenvalue weighted by Gasteiger charge is -2.15. The SMILES string of the molecule is Cc1ccc(OCc2cc(F)cc(C#N)c2)c(C(C)N)c1. The predicted molar refractivity (Wildman–Crippen MR) is 79.2 cm³/mol. The van der Waals surface area contributed by atoms with E-state index < -0.39 is 5.82 Å². The molecule has 4 heteroatoms. The summed E-state index contributed by atoms with van der Waals surface area (Å²) in [5.74, 6) is 0.238. The lowest BCUT2D eigenvalue weighted by Crippen LogP contribution is -2.08. The van der Waals surface area contributed by atoms with Crippen LogP contribution in [0.3, 0.4) is 0 Å². The average molecular weight is 284 g/mol. The summed E-state index contributed by atoms with van der Waals surface area (Å²) in [6.45, 7) is 4.06. The number of nitrogens with zero attached hydrogens (tertiary/aromatic N) is 1. The van der Waals surface area contributed by atoms with Gasteiger partial charge in [0.25, 0.3) is 0 Å². The van der Waals surface area contributed by atoms with Gasteiger partial charge in [0.2, 0.25) is 0 Å². The smallest absolute Gasteiger partial charge is 0.124 e. The number of halogens is 1. The fraction of sp³-hybridized carbons (Fsp3) is 0.235. The minimum Gasteiger partial charge on any atom is -0.489 e. The Bertz CT molecular complexity index is 690. The van der Waals surface area contributed by atoms with Crippen molar-refractivity contribution >= 4 is 0 Å². The summed E-state index contributed by atoms with van der Waals surface area (Å²) in [6, 6.07) is 11.7. The normalized spacial score (nSPS) is 11.8. The molecule has 2 N–H and O–H groups in total. The van der Waals surface area contributed by atoms with Crippen molar-refractivity contribution in [2.24, 2.45) is 5.73 Å². The topological polar surface area (TPSA) is 59.0 Å². The second kappa shape index (κ2) is 6.38. The molecule has 1 unspecified atom stereocenters. The second-order valence-electron chi connectivity index (χ2n) is 5.08. The number of nitrogens with two attached hydrogens (primary N) is 1. The predicted octanol–water partition coefficient (Wildman–Crippen LogP) is 3.60. The number of benzene rings is 2. The van der Waals surface area contributed by atoms with E-state index in [1.54, 1.807) is 6.07 Å². The molecule has 1 atom stereocenters. The van der Waals surface area contributed by atoms with Crippen LogP contribution in [-0.4, -0.2) is 0 Å². The van der Waals surface area contributed by atoms with Gasteiger partial charge in [-0.1, -0.05) is 17.7 Å². The quantitative estimate of drug-likeness (QED) is 0.933. The van der Waals surface area contributed by atoms with E-state index in [9.17, 15) is 4.39 Å². The maximum absolute atomic E-state index is 13.4. The van der Waals surface area contributed by atoms with Crippen LogP contribution in [0.5, 0.6) is 5.75 Å². The molecule has 0 aliphatic heterocycles. The highest BCUT2D eigenvalue weighted by Gasteiger charge is 2.09. The van der Waals surface area contributed by atoms with Crippen LogP contribution in [0.15, 0.2) is 36.4 Å². The van der Waals surface area contributed by atoms with Crippen LogP contribution in [0.4, 0.5) is 4.39 Å². The zero-order valence-corrected chi connectivity index (χ0v) is 12.1. The molecular weight excluding hydrogens is 267 g/mol. The molecule has 0 saturated heterocycles. The maximum Gasteiger partial charge on any atom is 0.124 e. The van der Waals surface area contributed by atoms with Crippen molar-refractivity contribution in [1.29, 1.82) is 5.26 Å². The van der Waals surface area contributed by atoms with Crippen LogP contribution < -0.4 is 10.5 Å². The Labute approximate surface area is 123 Å². The zero-order chi connectivity index (χ0) is 15.4. The summed E-state index contributed by atoms with van der Waals surface area (Å²) in [4.78, 5) is 0. The third-order valence-corrected chi connectivity index (χ3v) is 3.14. The van der Waals surface area contributed by atoms with Crippen LogP contribution in [0.1, 0.15) is 35.2 Å². The molecule has 0 spiro atoms. The Balaban J connectivity index is 2.21. The number of hydrogen-bond acceptors (Lipinski definition) is 3. The van der Waals surface area contributed by atoms with Gasteiger partial charge in [0.15, 0.2) is 0 Å².